The fraction of sp³-hybridized carbons (Fsp3) is 0.227. The van der Waals surface area contributed by atoms with Gasteiger partial charge in [0.1, 0.15) is 11.6 Å². The first kappa shape index (κ1) is 18.7. The summed E-state index contributed by atoms with van der Waals surface area (Å²) in [5.41, 5.74) is 2.99. The molecule has 0 atom stereocenters. The number of methoxy groups -OCH3 is 1. The fourth-order valence-corrected chi connectivity index (χ4v) is 3.43. The summed E-state index contributed by atoms with van der Waals surface area (Å²) in [6.07, 6.45) is 0.438. The van der Waals surface area contributed by atoms with E-state index in [-0.39, 0.29) is 11.8 Å². The summed E-state index contributed by atoms with van der Waals surface area (Å²) in [5.74, 6) is 1.28. The third kappa shape index (κ3) is 3.85. The van der Waals surface area contributed by atoms with E-state index in [0.717, 1.165) is 17.1 Å². The van der Waals surface area contributed by atoms with E-state index < -0.39 is 0 Å². The predicted molar refractivity (Wildman–Crippen MR) is 110 cm³/mol. The van der Waals surface area contributed by atoms with Crippen molar-refractivity contribution in [3.63, 3.8) is 0 Å². The van der Waals surface area contributed by atoms with E-state index in [2.05, 4.69) is 10.4 Å². The van der Waals surface area contributed by atoms with Crippen LogP contribution in [0, 0.1) is 6.92 Å². The number of nitrogens with one attached hydrogen (secondary N) is 1. The molecule has 2 aromatic carbocycles. The predicted octanol–water partition coefficient (Wildman–Crippen LogP) is 3.39. The molecule has 3 aromatic rings. The Morgan fingerprint density at radius 1 is 1.17 bits per heavy atom. The van der Waals surface area contributed by atoms with Crippen LogP contribution in [0.2, 0.25) is 0 Å². The first-order chi connectivity index (χ1) is 14.0. The molecule has 0 radical (unpaired) electrons. The van der Waals surface area contributed by atoms with Gasteiger partial charge in [-0.05, 0) is 36.8 Å². The summed E-state index contributed by atoms with van der Waals surface area (Å²) < 4.78 is 7.13. The van der Waals surface area contributed by atoms with E-state index in [1.807, 2.05) is 41.9 Å². The van der Waals surface area contributed by atoms with Crippen molar-refractivity contribution in [3.8, 4) is 5.75 Å². The van der Waals surface area contributed by atoms with Crippen molar-refractivity contribution in [1.29, 1.82) is 0 Å². The highest BCUT2D eigenvalue weighted by atomic mass is 16.5. The van der Waals surface area contributed by atoms with E-state index in [0.29, 0.717) is 36.5 Å². The molecule has 0 spiro atoms. The minimum atomic E-state index is -0.219. The number of anilines is 2. The zero-order valence-corrected chi connectivity index (χ0v) is 16.4. The standard InChI is InChI=1S/C22H22N4O3/c1-15-13-20-25(21(27)11-12-26(20)24-15)14-16-7-9-17(10-8-16)22(28)23-18-5-3-4-6-19(18)29-2/h3-10,13H,11-12,14H2,1-2H3,(H,23,28). The zero-order valence-electron chi connectivity index (χ0n) is 16.4. The highest BCUT2D eigenvalue weighted by Crippen LogP contribution is 2.26. The van der Waals surface area contributed by atoms with Gasteiger partial charge in [-0.15, -0.1) is 0 Å². The summed E-state index contributed by atoms with van der Waals surface area (Å²) >= 11 is 0. The number of carbonyl (C=O) groups excluding carboxylic acids is 2. The summed E-state index contributed by atoms with van der Waals surface area (Å²) in [4.78, 5) is 26.7. The number of aromatic nitrogens is 2. The number of rotatable bonds is 5. The lowest BCUT2D eigenvalue weighted by Gasteiger charge is -2.27. The average molecular weight is 390 g/mol. The molecule has 1 aliphatic heterocycles. The number of fused-ring (bicyclic) bond motifs is 1. The number of carbonyl (C=O) groups is 2. The molecule has 0 aliphatic carbocycles. The first-order valence-electron chi connectivity index (χ1n) is 9.43. The minimum absolute atomic E-state index is 0.0791. The van der Waals surface area contributed by atoms with Crippen LogP contribution in [-0.4, -0.2) is 28.7 Å². The van der Waals surface area contributed by atoms with Gasteiger partial charge in [0.2, 0.25) is 5.91 Å². The second-order valence-electron chi connectivity index (χ2n) is 6.95. The SMILES string of the molecule is COc1ccccc1NC(=O)c1ccc(CN2C(=O)CCn3nc(C)cc32)cc1. The minimum Gasteiger partial charge on any atom is -0.495 e. The Labute approximate surface area is 168 Å². The maximum absolute atomic E-state index is 12.6. The summed E-state index contributed by atoms with van der Waals surface area (Å²) in [7, 11) is 1.56. The fourth-order valence-electron chi connectivity index (χ4n) is 3.43. The third-order valence-corrected chi connectivity index (χ3v) is 4.91. The van der Waals surface area contributed by atoms with Gasteiger partial charge in [0.25, 0.3) is 5.91 Å². The van der Waals surface area contributed by atoms with Crippen LogP contribution < -0.4 is 15.0 Å². The lowest BCUT2D eigenvalue weighted by Crippen LogP contribution is -2.36. The van der Waals surface area contributed by atoms with Gasteiger partial charge in [0.15, 0.2) is 0 Å². The molecule has 1 aromatic heterocycles. The number of amides is 2. The van der Waals surface area contributed by atoms with Crippen LogP contribution in [0.25, 0.3) is 0 Å². The largest absolute Gasteiger partial charge is 0.495 e. The van der Waals surface area contributed by atoms with Crippen molar-refractivity contribution in [1.82, 2.24) is 9.78 Å². The van der Waals surface area contributed by atoms with Crippen LogP contribution >= 0.6 is 0 Å². The molecule has 0 unspecified atom stereocenters. The molecule has 2 heterocycles. The number of hydrogen-bond donors (Lipinski definition) is 1. The lowest BCUT2D eigenvalue weighted by molar-refractivity contribution is -0.119. The van der Waals surface area contributed by atoms with Crippen LogP contribution in [0.4, 0.5) is 11.5 Å². The number of nitrogens with zero attached hydrogens (tertiary/aromatic N) is 3. The number of aryl methyl sites for hydroxylation is 2. The van der Waals surface area contributed by atoms with E-state index in [1.165, 1.54) is 0 Å². The maximum atomic E-state index is 12.6. The molecular weight excluding hydrogens is 368 g/mol. The Kier molecular flexibility index (Phi) is 5.03. The van der Waals surface area contributed by atoms with Crippen LogP contribution in [0.15, 0.2) is 54.6 Å². The normalized spacial score (nSPS) is 13.2. The highest BCUT2D eigenvalue weighted by molar-refractivity contribution is 6.05. The quantitative estimate of drug-likeness (QED) is 0.725. The molecule has 148 valence electrons. The average Bonchev–Trinajstić information content (AvgIpc) is 3.11. The molecule has 0 bridgehead atoms. The van der Waals surface area contributed by atoms with Crippen molar-refractivity contribution < 1.29 is 14.3 Å². The summed E-state index contributed by atoms with van der Waals surface area (Å²) in [5, 5.41) is 7.29. The van der Waals surface area contributed by atoms with Gasteiger partial charge in [-0.25, -0.2) is 4.68 Å². The van der Waals surface area contributed by atoms with E-state index in [9.17, 15) is 9.59 Å². The van der Waals surface area contributed by atoms with Gasteiger partial charge >= 0.3 is 0 Å². The van der Waals surface area contributed by atoms with Crippen molar-refractivity contribution in [3.05, 3.63) is 71.4 Å². The number of hydrogen-bond acceptors (Lipinski definition) is 4. The second kappa shape index (κ2) is 7.79. The Hall–Kier alpha value is -3.61. The molecule has 0 fully saturated rings. The Morgan fingerprint density at radius 2 is 1.93 bits per heavy atom. The van der Waals surface area contributed by atoms with Gasteiger partial charge in [-0.2, -0.15) is 5.10 Å². The van der Waals surface area contributed by atoms with Gasteiger partial charge in [-0.3, -0.25) is 14.5 Å². The first-order valence-corrected chi connectivity index (χ1v) is 9.43. The molecule has 4 rings (SSSR count). The molecule has 29 heavy (non-hydrogen) atoms. The van der Waals surface area contributed by atoms with Crippen LogP contribution in [-0.2, 0) is 17.9 Å². The van der Waals surface area contributed by atoms with Crippen molar-refractivity contribution >= 4 is 23.3 Å². The number of ether oxygens (including phenoxy) is 1. The van der Waals surface area contributed by atoms with E-state index in [4.69, 9.17) is 4.74 Å². The number of benzene rings is 2. The van der Waals surface area contributed by atoms with E-state index >= 15 is 0 Å². The topological polar surface area (TPSA) is 76.5 Å². The van der Waals surface area contributed by atoms with Crippen LogP contribution in [0.3, 0.4) is 0 Å². The summed E-state index contributed by atoms with van der Waals surface area (Å²) in [6.45, 7) is 2.97. The van der Waals surface area contributed by atoms with Crippen molar-refractivity contribution in [2.75, 3.05) is 17.3 Å². The van der Waals surface area contributed by atoms with Crippen LogP contribution in [0.1, 0.15) is 28.0 Å². The van der Waals surface area contributed by atoms with Gasteiger partial charge < -0.3 is 10.1 Å². The van der Waals surface area contributed by atoms with E-state index in [1.54, 1.807) is 36.3 Å². The Bertz CT molecular complexity index is 1060. The Morgan fingerprint density at radius 3 is 2.69 bits per heavy atom. The monoisotopic (exact) mass is 390 g/mol. The summed E-state index contributed by atoms with van der Waals surface area (Å²) in [6, 6.07) is 16.4. The van der Waals surface area contributed by atoms with Gasteiger partial charge in [-0.1, -0.05) is 24.3 Å². The molecule has 1 N–H and O–H groups in total. The second-order valence-corrected chi connectivity index (χ2v) is 6.95. The molecule has 1 aliphatic rings. The molecule has 7 nitrogen and oxygen atoms in total. The van der Waals surface area contributed by atoms with Gasteiger partial charge in [0.05, 0.1) is 31.6 Å². The molecular formula is C22H22N4O3. The lowest BCUT2D eigenvalue weighted by atomic mass is 10.1. The van der Waals surface area contributed by atoms with Crippen molar-refractivity contribution in [2.24, 2.45) is 0 Å². The highest BCUT2D eigenvalue weighted by Gasteiger charge is 2.25. The maximum Gasteiger partial charge on any atom is 0.255 e. The van der Waals surface area contributed by atoms with Gasteiger partial charge in [0, 0.05) is 18.1 Å². The Balaban J connectivity index is 1.48. The molecule has 0 saturated carbocycles. The smallest absolute Gasteiger partial charge is 0.255 e. The van der Waals surface area contributed by atoms with Crippen molar-refractivity contribution in [2.45, 2.75) is 26.4 Å². The molecule has 7 heteroatoms. The zero-order chi connectivity index (χ0) is 20.4. The third-order valence-electron chi connectivity index (χ3n) is 4.91. The number of para-hydroxylation sites is 2. The molecule has 2 amide bonds. The van der Waals surface area contributed by atoms with Crippen LogP contribution in [0.5, 0.6) is 5.75 Å². The molecule has 0 saturated heterocycles.